The summed E-state index contributed by atoms with van der Waals surface area (Å²) in [7, 11) is 1.90. The summed E-state index contributed by atoms with van der Waals surface area (Å²) in [5.41, 5.74) is 3.57. The van der Waals surface area contributed by atoms with Crippen LogP contribution < -0.4 is 5.32 Å². The van der Waals surface area contributed by atoms with E-state index in [9.17, 15) is 0 Å². The van der Waals surface area contributed by atoms with Gasteiger partial charge in [0.05, 0.1) is 6.54 Å². The Hall–Kier alpha value is -2.14. The molecule has 3 aromatic rings. The van der Waals surface area contributed by atoms with Crippen LogP contribution in [-0.4, -0.2) is 25.6 Å². The molecule has 1 aliphatic carbocycles. The van der Waals surface area contributed by atoms with Gasteiger partial charge in [-0.2, -0.15) is 0 Å². The van der Waals surface area contributed by atoms with E-state index in [0.717, 1.165) is 18.8 Å². The number of fused-ring (bicyclic) bond motifs is 1. The molecule has 108 valence electrons. The van der Waals surface area contributed by atoms with Crippen LogP contribution in [-0.2, 0) is 20.1 Å². The Morgan fingerprint density at radius 3 is 2.90 bits per heavy atom. The molecule has 0 aliphatic heterocycles. The Balaban J connectivity index is 1.70. The molecule has 2 heterocycles. The van der Waals surface area contributed by atoms with E-state index < -0.39 is 0 Å². The first-order valence-electron chi connectivity index (χ1n) is 7.45. The largest absolute Gasteiger partial charge is 0.337 e. The summed E-state index contributed by atoms with van der Waals surface area (Å²) in [5.74, 6) is 0. The highest BCUT2D eigenvalue weighted by Gasteiger charge is 2.21. The average Bonchev–Trinajstić information content (AvgIpc) is 3.14. The Labute approximate surface area is 123 Å². The summed E-state index contributed by atoms with van der Waals surface area (Å²) in [5, 5.41) is 13.1. The zero-order chi connectivity index (χ0) is 14.2. The second-order valence-electron chi connectivity index (χ2n) is 5.82. The third-order valence-corrected chi connectivity index (χ3v) is 4.02. The lowest BCUT2D eigenvalue weighted by molar-refractivity contribution is 0.637. The maximum absolute atomic E-state index is 4.22. The van der Waals surface area contributed by atoms with Gasteiger partial charge in [-0.1, -0.05) is 23.4 Å². The van der Waals surface area contributed by atoms with Crippen LogP contribution in [0.15, 0.2) is 36.5 Å². The zero-order valence-corrected chi connectivity index (χ0v) is 12.2. The normalized spacial score (nSPS) is 14.9. The van der Waals surface area contributed by atoms with Crippen molar-refractivity contribution >= 4 is 10.9 Å². The lowest BCUT2D eigenvalue weighted by Gasteiger charge is -2.09. The number of nitrogens with one attached hydrogen (secondary N) is 1. The molecule has 4 rings (SSSR count). The van der Waals surface area contributed by atoms with Crippen molar-refractivity contribution in [3.05, 3.63) is 47.9 Å². The molecular formula is C16H19N5. The third kappa shape index (κ3) is 2.56. The van der Waals surface area contributed by atoms with Gasteiger partial charge in [0.25, 0.3) is 0 Å². The minimum Gasteiger partial charge on any atom is -0.337 e. The van der Waals surface area contributed by atoms with Crippen LogP contribution in [0.1, 0.15) is 24.2 Å². The second kappa shape index (κ2) is 5.00. The van der Waals surface area contributed by atoms with Crippen molar-refractivity contribution in [2.45, 2.75) is 32.0 Å². The SMILES string of the molecule is Cn1cc(Cn2c(CNC3CC3)cc3ccccc32)nn1. The Morgan fingerprint density at radius 2 is 2.14 bits per heavy atom. The predicted octanol–water partition coefficient (Wildman–Crippen LogP) is 2.07. The topological polar surface area (TPSA) is 47.7 Å². The molecule has 1 aliphatic rings. The molecule has 0 radical (unpaired) electrons. The molecule has 21 heavy (non-hydrogen) atoms. The Bertz CT molecular complexity index is 766. The number of nitrogens with zero attached hydrogens (tertiary/aromatic N) is 4. The standard InChI is InChI=1S/C16H19N5/c1-20-10-14(18-19-20)11-21-15(9-17-13-6-7-13)8-12-4-2-3-5-16(12)21/h2-5,8,10,13,17H,6-7,9,11H2,1H3. The van der Waals surface area contributed by atoms with Crippen molar-refractivity contribution < 1.29 is 0 Å². The first-order chi connectivity index (χ1) is 10.3. The molecule has 0 spiro atoms. The molecule has 5 nitrogen and oxygen atoms in total. The fourth-order valence-electron chi connectivity index (χ4n) is 2.77. The molecule has 2 aromatic heterocycles. The summed E-state index contributed by atoms with van der Waals surface area (Å²) in [6, 6.07) is 11.5. The number of hydrogen-bond acceptors (Lipinski definition) is 3. The van der Waals surface area contributed by atoms with Gasteiger partial charge in [-0.05, 0) is 30.4 Å². The first-order valence-corrected chi connectivity index (χ1v) is 7.45. The minimum atomic E-state index is 0.716. The first kappa shape index (κ1) is 12.6. The Morgan fingerprint density at radius 1 is 1.29 bits per heavy atom. The number of para-hydroxylation sites is 1. The van der Waals surface area contributed by atoms with Gasteiger partial charge in [0.1, 0.15) is 5.69 Å². The third-order valence-electron chi connectivity index (χ3n) is 4.02. The second-order valence-corrected chi connectivity index (χ2v) is 5.82. The van der Waals surface area contributed by atoms with Crippen molar-refractivity contribution in [1.82, 2.24) is 24.9 Å². The molecule has 1 saturated carbocycles. The molecule has 1 fully saturated rings. The highest BCUT2D eigenvalue weighted by molar-refractivity contribution is 5.81. The molecule has 0 amide bonds. The zero-order valence-electron chi connectivity index (χ0n) is 12.2. The van der Waals surface area contributed by atoms with Crippen LogP contribution in [0.2, 0.25) is 0 Å². The molecule has 0 bridgehead atoms. The molecule has 1 N–H and O–H groups in total. The number of hydrogen-bond donors (Lipinski definition) is 1. The van der Waals surface area contributed by atoms with Crippen molar-refractivity contribution in [2.24, 2.45) is 7.05 Å². The van der Waals surface area contributed by atoms with Crippen LogP contribution in [0.4, 0.5) is 0 Å². The van der Waals surface area contributed by atoms with E-state index in [4.69, 9.17) is 0 Å². The van der Waals surface area contributed by atoms with E-state index in [2.05, 4.69) is 50.5 Å². The average molecular weight is 281 g/mol. The molecule has 0 atom stereocenters. The van der Waals surface area contributed by atoms with E-state index >= 15 is 0 Å². The minimum absolute atomic E-state index is 0.716. The van der Waals surface area contributed by atoms with E-state index in [1.54, 1.807) is 4.68 Å². The highest BCUT2D eigenvalue weighted by atomic mass is 15.4. The maximum Gasteiger partial charge on any atom is 0.102 e. The summed E-state index contributed by atoms with van der Waals surface area (Å²) in [4.78, 5) is 0. The quantitative estimate of drug-likeness (QED) is 0.779. The fraction of sp³-hybridized carbons (Fsp3) is 0.375. The van der Waals surface area contributed by atoms with Gasteiger partial charge in [0, 0.05) is 37.0 Å². The van der Waals surface area contributed by atoms with Crippen molar-refractivity contribution in [3.8, 4) is 0 Å². The summed E-state index contributed by atoms with van der Waals surface area (Å²) in [6.45, 7) is 1.68. The predicted molar refractivity (Wildman–Crippen MR) is 81.9 cm³/mol. The van der Waals surface area contributed by atoms with Crippen LogP contribution in [0.3, 0.4) is 0 Å². The fourth-order valence-corrected chi connectivity index (χ4v) is 2.77. The molecule has 5 heteroatoms. The van der Waals surface area contributed by atoms with E-state index in [0.29, 0.717) is 6.04 Å². The Kier molecular flexibility index (Phi) is 3.00. The molecule has 1 aromatic carbocycles. The van der Waals surface area contributed by atoms with E-state index in [1.807, 2.05) is 13.2 Å². The van der Waals surface area contributed by atoms with E-state index in [-0.39, 0.29) is 0 Å². The van der Waals surface area contributed by atoms with Gasteiger partial charge in [0.2, 0.25) is 0 Å². The van der Waals surface area contributed by atoms with Gasteiger partial charge >= 0.3 is 0 Å². The summed E-state index contributed by atoms with van der Waals surface area (Å²) in [6.07, 6.45) is 4.60. The lowest BCUT2D eigenvalue weighted by atomic mass is 10.2. The molecule has 0 unspecified atom stereocenters. The van der Waals surface area contributed by atoms with Crippen LogP contribution in [0.5, 0.6) is 0 Å². The number of aryl methyl sites for hydroxylation is 1. The summed E-state index contributed by atoms with van der Waals surface area (Å²) < 4.78 is 4.10. The van der Waals surface area contributed by atoms with Crippen molar-refractivity contribution in [1.29, 1.82) is 0 Å². The highest BCUT2D eigenvalue weighted by Crippen LogP contribution is 2.23. The smallest absolute Gasteiger partial charge is 0.102 e. The van der Waals surface area contributed by atoms with Crippen molar-refractivity contribution in [3.63, 3.8) is 0 Å². The van der Waals surface area contributed by atoms with Crippen LogP contribution in [0, 0.1) is 0 Å². The van der Waals surface area contributed by atoms with Crippen LogP contribution in [0.25, 0.3) is 10.9 Å². The van der Waals surface area contributed by atoms with Gasteiger partial charge in [-0.3, -0.25) is 4.68 Å². The van der Waals surface area contributed by atoms with E-state index in [1.165, 1.54) is 29.4 Å². The lowest BCUT2D eigenvalue weighted by Crippen LogP contribution is -2.18. The summed E-state index contributed by atoms with van der Waals surface area (Å²) >= 11 is 0. The number of benzene rings is 1. The van der Waals surface area contributed by atoms with Gasteiger partial charge < -0.3 is 9.88 Å². The maximum atomic E-state index is 4.22. The number of aromatic nitrogens is 4. The van der Waals surface area contributed by atoms with Crippen molar-refractivity contribution in [2.75, 3.05) is 0 Å². The van der Waals surface area contributed by atoms with Gasteiger partial charge in [-0.15, -0.1) is 5.10 Å². The van der Waals surface area contributed by atoms with Gasteiger partial charge in [-0.25, -0.2) is 0 Å². The monoisotopic (exact) mass is 281 g/mol. The van der Waals surface area contributed by atoms with Crippen LogP contribution >= 0.6 is 0 Å². The molecule has 0 saturated heterocycles. The van der Waals surface area contributed by atoms with Gasteiger partial charge in [0.15, 0.2) is 0 Å². The number of rotatable bonds is 5. The molecular weight excluding hydrogens is 262 g/mol.